The lowest BCUT2D eigenvalue weighted by Gasteiger charge is -2.32. The largest absolute Gasteiger partial charge is 0.440 e. The Kier molecular flexibility index (Phi) is 6.03. The van der Waals surface area contributed by atoms with Crippen LogP contribution < -0.4 is 10.6 Å². The van der Waals surface area contributed by atoms with Crippen molar-refractivity contribution in [2.45, 2.75) is 55.3 Å². The topological polar surface area (TPSA) is 76.0 Å². The predicted molar refractivity (Wildman–Crippen MR) is 129 cm³/mol. The minimum atomic E-state index is -5.09. The number of fused-ring (bicyclic) bond motifs is 3. The number of anilines is 1. The number of nitrogens with zero attached hydrogens (tertiary/aromatic N) is 2. The number of hydrogen-bond donors (Lipinski definition) is 2. The molecule has 6 nitrogen and oxygen atoms in total. The van der Waals surface area contributed by atoms with Gasteiger partial charge in [0.15, 0.2) is 0 Å². The van der Waals surface area contributed by atoms with Crippen LogP contribution in [0.1, 0.15) is 38.5 Å². The van der Waals surface area contributed by atoms with E-state index in [0.29, 0.717) is 23.4 Å². The first-order valence-electron chi connectivity index (χ1n) is 11.6. The third kappa shape index (κ3) is 3.97. The summed E-state index contributed by atoms with van der Waals surface area (Å²) in [5, 5.41) is 4.32. The summed E-state index contributed by atoms with van der Waals surface area (Å²) in [7, 11) is 0. The Hall–Kier alpha value is -3.01. The van der Waals surface area contributed by atoms with E-state index < -0.39 is 23.7 Å². The number of aromatic nitrogens is 2. The van der Waals surface area contributed by atoms with Gasteiger partial charge in [-0.2, -0.15) is 13.2 Å². The maximum absolute atomic E-state index is 14.6. The predicted octanol–water partition coefficient (Wildman–Crippen LogP) is 5.68. The smallest absolute Gasteiger partial charge is 0.317 e. The Labute approximate surface area is 204 Å². The fraction of sp³-hybridized carbons (Fsp3) is 0.400. The molecule has 2 aliphatic rings. The van der Waals surface area contributed by atoms with Crippen molar-refractivity contribution in [2.75, 3.05) is 11.6 Å². The maximum atomic E-state index is 14.6. The van der Waals surface area contributed by atoms with Gasteiger partial charge in [0.25, 0.3) is 11.6 Å². The van der Waals surface area contributed by atoms with E-state index in [2.05, 4.69) is 15.6 Å². The van der Waals surface area contributed by atoms with Crippen molar-refractivity contribution in [2.24, 2.45) is 5.92 Å². The van der Waals surface area contributed by atoms with Gasteiger partial charge in [0, 0.05) is 16.9 Å². The van der Waals surface area contributed by atoms with Crippen LogP contribution in [0.4, 0.5) is 19.1 Å². The Morgan fingerprint density at radius 2 is 1.91 bits per heavy atom. The maximum Gasteiger partial charge on any atom is 0.440 e. The average Bonchev–Trinajstić information content (AvgIpc) is 3.53. The van der Waals surface area contributed by atoms with Gasteiger partial charge in [-0.3, -0.25) is 19.5 Å². The van der Waals surface area contributed by atoms with Crippen LogP contribution in [0.15, 0.2) is 47.4 Å². The highest BCUT2D eigenvalue weighted by Gasteiger charge is 2.67. The molecule has 1 fully saturated rings. The number of amides is 2. The van der Waals surface area contributed by atoms with Gasteiger partial charge in [0.2, 0.25) is 11.9 Å². The van der Waals surface area contributed by atoms with E-state index in [1.807, 2.05) is 30.5 Å². The van der Waals surface area contributed by atoms with E-state index in [-0.39, 0.29) is 17.9 Å². The van der Waals surface area contributed by atoms with E-state index in [9.17, 15) is 22.8 Å². The summed E-state index contributed by atoms with van der Waals surface area (Å²) in [6.45, 7) is 0. The van der Waals surface area contributed by atoms with Gasteiger partial charge in [-0.25, -0.2) is 4.98 Å². The molecule has 2 amide bonds. The number of thioether (sulfide) groups is 1. The van der Waals surface area contributed by atoms with Gasteiger partial charge >= 0.3 is 6.18 Å². The molecule has 0 saturated heterocycles. The van der Waals surface area contributed by atoms with Gasteiger partial charge in [0.1, 0.15) is 0 Å². The fourth-order valence-corrected chi connectivity index (χ4v) is 5.57. The number of benzene rings is 2. The van der Waals surface area contributed by atoms with Gasteiger partial charge in [-0.1, -0.05) is 49.9 Å². The Balaban J connectivity index is 1.56. The molecule has 3 aromatic rings. The molecule has 0 bridgehead atoms. The fourth-order valence-electron chi connectivity index (χ4n) is 5.16. The molecule has 1 unspecified atom stereocenters. The first kappa shape index (κ1) is 23.7. The van der Waals surface area contributed by atoms with Gasteiger partial charge < -0.3 is 5.32 Å². The molecule has 1 saturated carbocycles. The Bertz CT molecular complexity index is 1280. The quantitative estimate of drug-likeness (QED) is 0.426. The highest BCUT2D eigenvalue weighted by molar-refractivity contribution is 7.98. The zero-order chi connectivity index (χ0) is 24.8. The second-order valence-electron chi connectivity index (χ2n) is 9.07. The van der Waals surface area contributed by atoms with E-state index >= 15 is 0 Å². The molecule has 184 valence electrons. The first-order chi connectivity index (χ1) is 16.7. The summed E-state index contributed by atoms with van der Waals surface area (Å²) in [5.74, 6) is -2.07. The van der Waals surface area contributed by atoms with E-state index in [4.69, 9.17) is 0 Å². The molecule has 0 radical (unpaired) electrons. The SMILES string of the molecule is CSc1ccc(-c2cccc3c2nc2n3C(NC(=O)CCC3CCCC3)(C(F)(F)F)C(=O)N2)cc1. The minimum absolute atomic E-state index is 0.0647. The summed E-state index contributed by atoms with van der Waals surface area (Å²) in [5.41, 5.74) is -1.42. The van der Waals surface area contributed by atoms with Crippen molar-refractivity contribution in [3.05, 3.63) is 42.5 Å². The number of carbonyl (C=O) groups excluding carboxylic acids is 2. The number of hydrogen-bond acceptors (Lipinski definition) is 4. The summed E-state index contributed by atoms with van der Waals surface area (Å²) in [6.07, 6.45) is 1.43. The number of rotatable bonds is 6. The zero-order valence-corrected chi connectivity index (χ0v) is 19.9. The molecule has 0 spiro atoms. The van der Waals surface area contributed by atoms with Crippen LogP contribution in [0.5, 0.6) is 0 Å². The van der Waals surface area contributed by atoms with Crippen LogP contribution in [0.2, 0.25) is 0 Å². The highest BCUT2D eigenvalue weighted by Crippen LogP contribution is 2.45. The van der Waals surface area contributed by atoms with Crippen LogP contribution in [0, 0.1) is 5.92 Å². The van der Waals surface area contributed by atoms with Crippen molar-refractivity contribution in [3.8, 4) is 11.1 Å². The normalized spacial score (nSPS) is 20.3. The number of carbonyl (C=O) groups is 2. The third-order valence-corrected chi connectivity index (χ3v) is 7.70. The number of para-hydroxylation sites is 1. The number of halogens is 3. The lowest BCUT2D eigenvalue weighted by atomic mass is 10.0. The summed E-state index contributed by atoms with van der Waals surface area (Å²) in [6, 6.07) is 12.5. The molecule has 1 aromatic heterocycles. The molecule has 2 aromatic carbocycles. The average molecular weight is 503 g/mol. The summed E-state index contributed by atoms with van der Waals surface area (Å²) >= 11 is 1.58. The highest BCUT2D eigenvalue weighted by atomic mass is 32.2. The van der Waals surface area contributed by atoms with Crippen LogP contribution in [-0.4, -0.2) is 33.8 Å². The molecule has 2 heterocycles. The number of imidazole rings is 1. The second-order valence-corrected chi connectivity index (χ2v) is 9.95. The number of nitrogens with one attached hydrogen (secondary N) is 2. The van der Waals surface area contributed by atoms with Gasteiger partial charge in [-0.15, -0.1) is 11.8 Å². The molecular formula is C25H25F3N4O2S. The minimum Gasteiger partial charge on any atom is -0.317 e. The van der Waals surface area contributed by atoms with Crippen LogP contribution in [0.25, 0.3) is 22.2 Å². The molecule has 1 atom stereocenters. The molecule has 35 heavy (non-hydrogen) atoms. The lowest BCUT2D eigenvalue weighted by molar-refractivity contribution is -0.217. The molecular weight excluding hydrogens is 477 g/mol. The van der Waals surface area contributed by atoms with E-state index in [0.717, 1.165) is 40.7 Å². The van der Waals surface area contributed by atoms with Crippen LogP contribution >= 0.6 is 11.8 Å². The molecule has 1 aliphatic heterocycles. The second kappa shape index (κ2) is 8.89. The van der Waals surface area contributed by atoms with Crippen molar-refractivity contribution >= 4 is 40.6 Å². The summed E-state index contributed by atoms with van der Waals surface area (Å²) < 4.78 is 44.7. The Morgan fingerprint density at radius 1 is 1.20 bits per heavy atom. The van der Waals surface area contributed by atoms with E-state index in [1.165, 1.54) is 6.07 Å². The molecule has 2 N–H and O–H groups in total. The third-order valence-electron chi connectivity index (χ3n) is 6.96. The van der Waals surface area contributed by atoms with Gasteiger partial charge in [0.05, 0.1) is 11.0 Å². The standard InChI is InChI=1S/C25H25F3N4O2S/c1-35-17-12-10-16(11-13-17)18-7-4-8-19-21(18)29-23-30-22(34)24(32(19)23,25(26,27)28)31-20(33)14-9-15-5-2-3-6-15/h4,7-8,10-13,15H,2-3,5-6,9,14H2,1H3,(H,31,33)(H,29,30,34). The van der Waals surface area contributed by atoms with Crippen molar-refractivity contribution in [1.29, 1.82) is 0 Å². The zero-order valence-electron chi connectivity index (χ0n) is 19.1. The molecule has 10 heteroatoms. The summed E-state index contributed by atoms with van der Waals surface area (Å²) in [4.78, 5) is 31.0. The lowest BCUT2D eigenvalue weighted by Crippen LogP contribution is -2.63. The first-order valence-corrected chi connectivity index (χ1v) is 12.8. The van der Waals surface area contributed by atoms with Crippen molar-refractivity contribution in [3.63, 3.8) is 0 Å². The van der Waals surface area contributed by atoms with Crippen LogP contribution in [0.3, 0.4) is 0 Å². The van der Waals surface area contributed by atoms with E-state index in [1.54, 1.807) is 23.9 Å². The van der Waals surface area contributed by atoms with Crippen LogP contribution in [-0.2, 0) is 15.3 Å². The van der Waals surface area contributed by atoms with Gasteiger partial charge in [-0.05, 0) is 42.4 Å². The monoisotopic (exact) mass is 502 g/mol. The molecule has 5 rings (SSSR count). The number of alkyl halides is 3. The van der Waals surface area contributed by atoms with Crippen molar-refractivity contribution in [1.82, 2.24) is 14.9 Å². The Morgan fingerprint density at radius 3 is 2.57 bits per heavy atom. The van der Waals surface area contributed by atoms with Crippen molar-refractivity contribution < 1.29 is 22.8 Å². The molecule has 1 aliphatic carbocycles.